The number of imidazole rings is 1. The van der Waals surface area contributed by atoms with Crippen LogP contribution in [0.15, 0.2) is 24.4 Å². The molecule has 3 rings (SSSR count). The van der Waals surface area contributed by atoms with Gasteiger partial charge in [-0.1, -0.05) is 18.9 Å². The van der Waals surface area contributed by atoms with Gasteiger partial charge in [0, 0.05) is 6.20 Å². The Balaban J connectivity index is 1.92. The van der Waals surface area contributed by atoms with Gasteiger partial charge in [0.05, 0.1) is 12.1 Å². The van der Waals surface area contributed by atoms with Crippen LogP contribution in [0.3, 0.4) is 0 Å². The van der Waals surface area contributed by atoms with E-state index in [1.54, 1.807) is 0 Å². The second-order valence-corrected chi connectivity index (χ2v) is 5.33. The maximum Gasteiger partial charge on any atom is 0.356 e. The Kier molecular flexibility index (Phi) is 3.69. The van der Waals surface area contributed by atoms with Crippen molar-refractivity contribution in [1.82, 2.24) is 14.3 Å². The van der Waals surface area contributed by atoms with Crippen molar-refractivity contribution in [3.05, 3.63) is 35.9 Å². The zero-order valence-electron chi connectivity index (χ0n) is 11.5. The predicted octanol–water partition coefficient (Wildman–Crippen LogP) is 2.41. The fourth-order valence-electron chi connectivity index (χ4n) is 2.86. The summed E-state index contributed by atoms with van der Waals surface area (Å²) >= 11 is 0. The first kappa shape index (κ1) is 13.1. The number of pyridine rings is 1. The Morgan fingerprint density at radius 3 is 2.65 bits per heavy atom. The van der Waals surface area contributed by atoms with Crippen LogP contribution in [0.5, 0.6) is 0 Å². The van der Waals surface area contributed by atoms with Crippen molar-refractivity contribution < 1.29 is 9.90 Å². The van der Waals surface area contributed by atoms with Crippen LogP contribution in [-0.2, 0) is 6.54 Å². The minimum absolute atomic E-state index is 0.149. The molecule has 1 N–H and O–H groups in total. The first-order valence-corrected chi connectivity index (χ1v) is 7.17. The summed E-state index contributed by atoms with van der Waals surface area (Å²) in [6.45, 7) is 2.87. The normalized spacial score (nSPS) is 17.2. The van der Waals surface area contributed by atoms with Crippen LogP contribution < -0.4 is 0 Å². The number of carboxylic acid groups (broad SMARTS) is 1. The monoisotopic (exact) mass is 273 g/mol. The molecule has 5 nitrogen and oxygen atoms in total. The topological polar surface area (TPSA) is 57.8 Å². The van der Waals surface area contributed by atoms with E-state index >= 15 is 0 Å². The van der Waals surface area contributed by atoms with Gasteiger partial charge in [-0.15, -0.1) is 0 Å². The van der Waals surface area contributed by atoms with Crippen LogP contribution in [0.4, 0.5) is 0 Å². The molecule has 106 valence electrons. The first-order chi connectivity index (χ1) is 9.75. The lowest BCUT2D eigenvalue weighted by molar-refractivity contribution is 0.0693. The van der Waals surface area contributed by atoms with Crippen LogP contribution in [0.2, 0.25) is 0 Å². The van der Waals surface area contributed by atoms with Crippen molar-refractivity contribution in [1.29, 1.82) is 0 Å². The molecule has 1 aliphatic rings. The fraction of sp³-hybridized carbons (Fsp3) is 0.467. The summed E-state index contributed by atoms with van der Waals surface area (Å²) in [6, 6.07) is 5.56. The molecule has 0 spiro atoms. The van der Waals surface area contributed by atoms with Crippen molar-refractivity contribution in [2.45, 2.75) is 32.2 Å². The quantitative estimate of drug-likeness (QED) is 0.933. The van der Waals surface area contributed by atoms with Crippen LogP contribution in [0, 0.1) is 0 Å². The lowest BCUT2D eigenvalue weighted by Crippen LogP contribution is -2.25. The number of rotatable bonds is 3. The number of likely N-dealkylation sites (tertiary alicyclic amines) is 1. The van der Waals surface area contributed by atoms with Crippen LogP contribution in [0.25, 0.3) is 5.52 Å². The van der Waals surface area contributed by atoms with Crippen molar-refractivity contribution in [3.63, 3.8) is 0 Å². The Morgan fingerprint density at radius 1 is 1.20 bits per heavy atom. The van der Waals surface area contributed by atoms with E-state index in [4.69, 9.17) is 0 Å². The van der Waals surface area contributed by atoms with Gasteiger partial charge < -0.3 is 9.51 Å². The maximum absolute atomic E-state index is 11.3. The standard InChI is InChI=1S/C15H19N3O2/c19-15(20)14-12-7-3-6-10-18(12)13(16-14)11-17-8-4-1-2-5-9-17/h3,6-7,10H,1-2,4-5,8-9,11H2,(H,19,20). The number of carboxylic acids is 1. The number of aromatic carboxylic acids is 1. The van der Waals surface area contributed by atoms with Crippen molar-refractivity contribution in [2.75, 3.05) is 13.1 Å². The summed E-state index contributed by atoms with van der Waals surface area (Å²) in [4.78, 5) is 18.0. The van der Waals surface area contributed by atoms with E-state index in [1.165, 1.54) is 25.7 Å². The van der Waals surface area contributed by atoms with Gasteiger partial charge in [-0.25, -0.2) is 9.78 Å². The molecule has 3 heterocycles. The van der Waals surface area contributed by atoms with E-state index in [0.717, 1.165) is 25.5 Å². The highest BCUT2D eigenvalue weighted by Crippen LogP contribution is 2.17. The second-order valence-electron chi connectivity index (χ2n) is 5.33. The number of fused-ring (bicyclic) bond motifs is 1. The summed E-state index contributed by atoms with van der Waals surface area (Å²) in [7, 11) is 0. The first-order valence-electron chi connectivity index (χ1n) is 7.17. The largest absolute Gasteiger partial charge is 0.476 e. The van der Waals surface area contributed by atoms with Crippen molar-refractivity contribution >= 4 is 11.5 Å². The maximum atomic E-state index is 11.3. The summed E-state index contributed by atoms with van der Waals surface area (Å²) < 4.78 is 1.90. The lowest BCUT2D eigenvalue weighted by atomic mass is 10.2. The highest BCUT2D eigenvalue weighted by Gasteiger charge is 2.18. The molecule has 0 saturated carbocycles. The van der Waals surface area contributed by atoms with Gasteiger partial charge in [0.1, 0.15) is 5.82 Å². The Bertz CT molecular complexity index is 613. The molecule has 0 aromatic carbocycles. The highest BCUT2D eigenvalue weighted by molar-refractivity contribution is 5.93. The molecular formula is C15H19N3O2. The Hall–Kier alpha value is -1.88. The van der Waals surface area contributed by atoms with Gasteiger partial charge in [0.25, 0.3) is 0 Å². The minimum atomic E-state index is -0.962. The molecule has 0 unspecified atom stereocenters. The van der Waals surface area contributed by atoms with Gasteiger partial charge in [-0.05, 0) is 38.1 Å². The molecule has 0 aliphatic carbocycles. The molecule has 0 amide bonds. The summed E-state index contributed by atoms with van der Waals surface area (Å²) in [6.07, 6.45) is 6.91. The van der Waals surface area contributed by atoms with Crippen LogP contribution >= 0.6 is 0 Å². The molecule has 1 saturated heterocycles. The molecule has 20 heavy (non-hydrogen) atoms. The molecule has 1 aliphatic heterocycles. The second kappa shape index (κ2) is 5.63. The van der Waals surface area contributed by atoms with E-state index < -0.39 is 5.97 Å². The average Bonchev–Trinajstić information content (AvgIpc) is 2.63. The summed E-state index contributed by atoms with van der Waals surface area (Å²) in [5, 5.41) is 9.26. The van der Waals surface area contributed by atoms with Gasteiger partial charge in [0.2, 0.25) is 0 Å². The number of hydrogen-bond acceptors (Lipinski definition) is 3. The van der Waals surface area contributed by atoms with Crippen LogP contribution in [-0.4, -0.2) is 38.4 Å². The number of aromatic nitrogens is 2. The minimum Gasteiger partial charge on any atom is -0.476 e. The smallest absolute Gasteiger partial charge is 0.356 e. The van der Waals surface area contributed by atoms with E-state index in [9.17, 15) is 9.90 Å². The van der Waals surface area contributed by atoms with E-state index in [2.05, 4.69) is 9.88 Å². The molecular weight excluding hydrogens is 254 g/mol. The predicted molar refractivity (Wildman–Crippen MR) is 75.9 cm³/mol. The molecule has 2 aromatic rings. The molecule has 2 aromatic heterocycles. The fourth-order valence-corrected chi connectivity index (χ4v) is 2.86. The van der Waals surface area contributed by atoms with E-state index in [-0.39, 0.29) is 5.69 Å². The SMILES string of the molecule is O=C(O)c1nc(CN2CCCCCC2)n2ccccc12. The van der Waals surface area contributed by atoms with E-state index in [1.807, 2.05) is 28.8 Å². The number of hydrogen-bond donors (Lipinski definition) is 1. The van der Waals surface area contributed by atoms with Crippen LogP contribution in [0.1, 0.15) is 42.0 Å². The third-order valence-corrected chi connectivity index (χ3v) is 3.89. The highest BCUT2D eigenvalue weighted by atomic mass is 16.4. The molecule has 0 atom stereocenters. The Labute approximate surface area is 117 Å². The third kappa shape index (κ3) is 2.54. The average molecular weight is 273 g/mol. The summed E-state index contributed by atoms with van der Waals surface area (Å²) in [5.74, 6) is -0.143. The number of carbonyl (C=O) groups is 1. The van der Waals surface area contributed by atoms with Gasteiger partial charge >= 0.3 is 5.97 Å². The van der Waals surface area contributed by atoms with Crippen molar-refractivity contribution in [2.24, 2.45) is 0 Å². The third-order valence-electron chi connectivity index (χ3n) is 3.89. The molecule has 0 radical (unpaired) electrons. The van der Waals surface area contributed by atoms with Crippen molar-refractivity contribution in [3.8, 4) is 0 Å². The molecule has 5 heteroatoms. The molecule has 1 fully saturated rings. The van der Waals surface area contributed by atoms with Gasteiger partial charge in [0.15, 0.2) is 5.69 Å². The Morgan fingerprint density at radius 2 is 1.95 bits per heavy atom. The molecule has 0 bridgehead atoms. The van der Waals surface area contributed by atoms with E-state index in [0.29, 0.717) is 5.52 Å². The lowest BCUT2D eigenvalue weighted by Gasteiger charge is -2.18. The number of nitrogens with zero attached hydrogens (tertiary/aromatic N) is 3. The zero-order chi connectivity index (χ0) is 13.9. The van der Waals surface area contributed by atoms with Gasteiger partial charge in [-0.3, -0.25) is 4.90 Å². The van der Waals surface area contributed by atoms with Gasteiger partial charge in [-0.2, -0.15) is 0 Å². The zero-order valence-corrected chi connectivity index (χ0v) is 11.5. The summed E-state index contributed by atoms with van der Waals surface area (Å²) in [5.41, 5.74) is 0.820.